The van der Waals surface area contributed by atoms with E-state index in [9.17, 15) is 15.0 Å². The Morgan fingerprint density at radius 3 is 2.89 bits per heavy atom. The molecule has 4 rings (SSSR count). The lowest BCUT2D eigenvalue weighted by Gasteiger charge is -2.39. The Kier molecular flexibility index (Phi) is 9.60. The predicted molar refractivity (Wildman–Crippen MR) is 145 cm³/mol. The highest BCUT2D eigenvalue weighted by Gasteiger charge is 2.30. The van der Waals surface area contributed by atoms with Crippen LogP contribution in [-0.4, -0.2) is 52.8 Å². The van der Waals surface area contributed by atoms with Crippen LogP contribution in [0.25, 0.3) is 10.9 Å². The molecule has 1 aromatic carbocycles. The van der Waals surface area contributed by atoms with Crippen LogP contribution in [0.2, 0.25) is 5.02 Å². The number of piperidine rings is 1. The molecule has 0 saturated carbocycles. The third-order valence-corrected chi connectivity index (χ3v) is 8.87. The number of carbonyl (C=O) groups is 1. The lowest BCUT2D eigenvalue weighted by molar-refractivity contribution is -0.137. The van der Waals surface area contributed by atoms with Gasteiger partial charge in [0.2, 0.25) is 0 Å². The van der Waals surface area contributed by atoms with Crippen molar-refractivity contribution < 1.29 is 19.7 Å². The minimum absolute atomic E-state index is 0.192. The number of aliphatic hydroxyl groups is 1. The van der Waals surface area contributed by atoms with Gasteiger partial charge in [-0.2, -0.15) is 0 Å². The summed E-state index contributed by atoms with van der Waals surface area (Å²) in [6.45, 7) is 2.93. The summed E-state index contributed by atoms with van der Waals surface area (Å²) in [6.07, 6.45) is 6.58. The first-order valence-electron chi connectivity index (χ1n) is 12.7. The van der Waals surface area contributed by atoms with Crippen LogP contribution in [0.1, 0.15) is 55.1 Å². The van der Waals surface area contributed by atoms with Gasteiger partial charge in [0, 0.05) is 29.4 Å². The predicted octanol–water partition coefficient (Wildman–Crippen LogP) is 6.21. The van der Waals surface area contributed by atoms with Gasteiger partial charge >= 0.3 is 5.97 Å². The molecule has 3 aromatic rings. The summed E-state index contributed by atoms with van der Waals surface area (Å²) in [5.74, 6) is 0.730. The molecule has 2 aromatic heterocycles. The maximum absolute atomic E-state index is 11.3. The lowest BCUT2D eigenvalue weighted by atomic mass is 9.79. The molecule has 0 radical (unpaired) electrons. The fourth-order valence-corrected chi connectivity index (χ4v) is 6.61. The van der Waals surface area contributed by atoms with Crippen molar-refractivity contribution >= 4 is 39.8 Å². The number of hydrogen-bond donors (Lipinski definition) is 2. The highest BCUT2D eigenvalue weighted by Crippen LogP contribution is 2.35. The van der Waals surface area contributed by atoms with Gasteiger partial charge in [0.05, 0.1) is 23.8 Å². The Bertz CT molecular complexity index is 1150. The second-order valence-corrected chi connectivity index (χ2v) is 11.1. The van der Waals surface area contributed by atoms with E-state index in [1.165, 1.54) is 4.88 Å². The second kappa shape index (κ2) is 12.9. The Morgan fingerprint density at radius 2 is 2.14 bits per heavy atom. The first kappa shape index (κ1) is 26.9. The molecule has 3 atom stereocenters. The zero-order chi connectivity index (χ0) is 25.5. The largest absolute Gasteiger partial charge is 0.497 e. The summed E-state index contributed by atoms with van der Waals surface area (Å²) in [5, 5.41) is 24.2. The summed E-state index contributed by atoms with van der Waals surface area (Å²) in [5.41, 5.74) is 1.70. The molecule has 8 heteroatoms. The van der Waals surface area contributed by atoms with Gasteiger partial charge in [-0.25, -0.2) is 0 Å². The maximum atomic E-state index is 11.3. The molecule has 36 heavy (non-hydrogen) atoms. The smallest absolute Gasteiger partial charge is 0.303 e. The average molecular weight is 531 g/mol. The van der Waals surface area contributed by atoms with Crippen molar-refractivity contribution in [3.63, 3.8) is 0 Å². The van der Waals surface area contributed by atoms with E-state index in [0.717, 1.165) is 72.6 Å². The fourth-order valence-electron chi connectivity index (χ4n) is 5.43. The van der Waals surface area contributed by atoms with E-state index in [2.05, 4.69) is 9.88 Å². The van der Waals surface area contributed by atoms with E-state index in [4.69, 9.17) is 16.3 Å². The normalized spacial score (nSPS) is 19.4. The summed E-state index contributed by atoms with van der Waals surface area (Å²) < 4.78 is 5.37. The summed E-state index contributed by atoms with van der Waals surface area (Å²) in [4.78, 5) is 19.4. The molecule has 0 aliphatic carbocycles. The first-order chi connectivity index (χ1) is 17.4. The van der Waals surface area contributed by atoms with Gasteiger partial charge in [-0.05, 0) is 105 Å². The average Bonchev–Trinajstić information content (AvgIpc) is 3.30. The number of aliphatic hydroxyl groups excluding tert-OH is 1. The van der Waals surface area contributed by atoms with Gasteiger partial charge in [-0.1, -0.05) is 11.6 Å². The van der Waals surface area contributed by atoms with Crippen molar-refractivity contribution in [2.75, 3.05) is 26.7 Å². The van der Waals surface area contributed by atoms with E-state index in [1.807, 2.05) is 35.7 Å². The van der Waals surface area contributed by atoms with Crippen LogP contribution in [0, 0.1) is 11.8 Å². The molecule has 1 aliphatic heterocycles. The topological polar surface area (TPSA) is 82.9 Å². The van der Waals surface area contributed by atoms with Crippen LogP contribution in [-0.2, 0) is 11.2 Å². The number of aromatic nitrogens is 1. The molecule has 0 amide bonds. The molecule has 1 fully saturated rings. The number of carboxylic acid groups (broad SMARTS) is 1. The molecule has 2 N–H and O–H groups in total. The number of aryl methyl sites for hydroxylation is 1. The summed E-state index contributed by atoms with van der Waals surface area (Å²) in [6, 6.07) is 9.56. The number of thiophene rings is 1. The van der Waals surface area contributed by atoms with Gasteiger partial charge in [0.15, 0.2) is 0 Å². The minimum Gasteiger partial charge on any atom is -0.497 e. The molecule has 1 aliphatic rings. The Labute approximate surface area is 221 Å². The number of halogens is 1. The molecule has 3 heterocycles. The number of carboxylic acids is 1. The Hall–Kier alpha value is -2.19. The third-order valence-electron chi connectivity index (χ3n) is 7.43. The third kappa shape index (κ3) is 6.97. The van der Waals surface area contributed by atoms with Crippen LogP contribution >= 0.6 is 22.9 Å². The number of benzene rings is 1. The first-order valence-corrected chi connectivity index (χ1v) is 14.0. The van der Waals surface area contributed by atoms with Crippen molar-refractivity contribution in [3.05, 3.63) is 57.4 Å². The SMILES string of the molecule is COc1ccc2nccc([C@@H](O)CCC3CCN(CCCc4sccc4Cl)CC3CCC(=O)O)c2c1. The van der Waals surface area contributed by atoms with Gasteiger partial charge in [-0.3, -0.25) is 9.78 Å². The van der Waals surface area contributed by atoms with Gasteiger partial charge < -0.3 is 19.8 Å². The number of hydrogen-bond acceptors (Lipinski definition) is 6. The Morgan fingerprint density at radius 1 is 1.28 bits per heavy atom. The zero-order valence-electron chi connectivity index (χ0n) is 20.7. The standard InChI is InChI=1S/C28H35ClN2O4S/c1-35-21-6-7-25-23(17-21)22(10-13-30-25)26(32)8-4-19-11-15-31(18-20(19)5-9-28(33)34)14-2-3-27-24(29)12-16-36-27/h6-7,10,12-13,16-17,19-20,26,32H,2-5,8-9,11,14-15,18H2,1H3,(H,33,34)/t19?,20?,26-/m0/s1. The van der Waals surface area contributed by atoms with Gasteiger partial charge in [-0.15, -0.1) is 11.3 Å². The fraction of sp³-hybridized carbons (Fsp3) is 0.500. The van der Waals surface area contributed by atoms with Crippen LogP contribution in [0.3, 0.4) is 0 Å². The van der Waals surface area contributed by atoms with Crippen LogP contribution in [0.15, 0.2) is 41.9 Å². The number of rotatable bonds is 12. The van der Waals surface area contributed by atoms with Crippen LogP contribution in [0.5, 0.6) is 5.75 Å². The maximum Gasteiger partial charge on any atom is 0.303 e. The van der Waals surface area contributed by atoms with Crippen molar-refractivity contribution in [2.24, 2.45) is 11.8 Å². The van der Waals surface area contributed by atoms with Crippen molar-refractivity contribution in [1.82, 2.24) is 9.88 Å². The van der Waals surface area contributed by atoms with Crippen LogP contribution in [0.4, 0.5) is 0 Å². The molecule has 0 spiro atoms. The highest BCUT2D eigenvalue weighted by molar-refractivity contribution is 7.10. The highest BCUT2D eigenvalue weighted by atomic mass is 35.5. The quantitative estimate of drug-likeness (QED) is 0.290. The summed E-state index contributed by atoms with van der Waals surface area (Å²) >= 11 is 7.95. The Balaban J connectivity index is 1.36. The molecule has 0 bridgehead atoms. The van der Waals surface area contributed by atoms with E-state index < -0.39 is 12.1 Å². The van der Waals surface area contributed by atoms with E-state index in [0.29, 0.717) is 24.7 Å². The van der Waals surface area contributed by atoms with Gasteiger partial charge in [0.1, 0.15) is 5.75 Å². The molecule has 194 valence electrons. The van der Waals surface area contributed by atoms with Crippen molar-refractivity contribution in [2.45, 2.75) is 51.0 Å². The molecular formula is C28H35ClN2O4S. The molecule has 1 saturated heterocycles. The monoisotopic (exact) mass is 530 g/mol. The zero-order valence-corrected chi connectivity index (χ0v) is 22.3. The minimum atomic E-state index is -0.740. The molecular weight excluding hydrogens is 496 g/mol. The van der Waals surface area contributed by atoms with Gasteiger partial charge in [0.25, 0.3) is 0 Å². The number of ether oxygens (including phenoxy) is 1. The number of aliphatic carboxylic acids is 1. The number of methoxy groups -OCH3 is 1. The molecule has 2 unspecified atom stereocenters. The van der Waals surface area contributed by atoms with Crippen molar-refractivity contribution in [3.8, 4) is 5.75 Å². The summed E-state index contributed by atoms with van der Waals surface area (Å²) in [7, 11) is 1.63. The molecule has 6 nitrogen and oxygen atoms in total. The number of pyridine rings is 1. The number of nitrogens with zero attached hydrogens (tertiary/aromatic N) is 2. The number of likely N-dealkylation sites (tertiary alicyclic amines) is 1. The van der Waals surface area contributed by atoms with Crippen molar-refractivity contribution in [1.29, 1.82) is 0 Å². The number of fused-ring (bicyclic) bond motifs is 1. The lowest BCUT2D eigenvalue weighted by Crippen LogP contribution is -2.41. The van der Waals surface area contributed by atoms with E-state index in [-0.39, 0.29) is 6.42 Å². The van der Waals surface area contributed by atoms with E-state index in [1.54, 1.807) is 24.6 Å². The van der Waals surface area contributed by atoms with Crippen LogP contribution < -0.4 is 4.74 Å². The van der Waals surface area contributed by atoms with E-state index >= 15 is 0 Å². The second-order valence-electron chi connectivity index (χ2n) is 9.71.